The SMILES string of the molecule is COc1ccc(-c2noc(C3CCCNC3=O)n2)cc1. The topological polar surface area (TPSA) is 77.3 Å². The summed E-state index contributed by atoms with van der Waals surface area (Å²) in [4.78, 5) is 16.1. The molecule has 2 heterocycles. The number of nitrogens with zero attached hydrogens (tertiary/aromatic N) is 2. The molecule has 0 radical (unpaired) electrons. The van der Waals surface area contributed by atoms with Crippen LogP contribution in [0.3, 0.4) is 0 Å². The highest BCUT2D eigenvalue weighted by molar-refractivity contribution is 5.83. The van der Waals surface area contributed by atoms with Gasteiger partial charge in [-0.05, 0) is 37.1 Å². The number of hydrogen-bond donors (Lipinski definition) is 1. The molecule has 1 aliphatic heterocycles. The summed E-state index contributed by atoms with van der Waals surface area (Å²) in [6, 6.07) is 7.38. The third-order valence-corrected chi connectivity index (χ3v) is 3.37. The second kappa shape index (κ2) is 5.32. The van der Waals surface area contributed by atoms with Gasteiger partial charge in [-0.3, -0.25) is 4.79 Å². The third kappa shape index (κ3) is 2.36. The summed E-state index contributed by atoms with van der Waals surface area (Å²) in [6.07, 6.45) is 1.67. The average molecular weight is 273 g/mol. The molecular formula is C14H15N3O3. The number of carbonyl (C=O) groups excluding carboxylic acids is 1. The lowest BCUT2D eigenvalue weighted by atomic mass is 9.99. The lowest BCUT2D eigenvalue weighted by molar-refractivity contribution is -0.124. The number of nitrogens with one attached hydrogen (secondary N) is 1. The van der Waals surface area contributed by atoms with E-state index in [0.29, 0.717) is 11.7 Å². The van der Waals surface area contributed by atoms with E-state index in [9.17, 15) is 4.79 Å². The van der Waals surface area contributed by atoms with Crippen LogP contribution < -0.4 is 10.1 Å². The van der Waals surface area contributed by atoms with Gasteiger partial charge in [-0.25, -0.2) is 0 Å². The van der Waals surface area contributed by atoms with Crippen LogP contribution in [0.4, 0.5) is 0 Å². The summed E-state index contributed by atoms with van der Waals surface area (Å²) < 4.78 is 10.3. The number of methoxy groups -OCH3 is 1. The van der Waals surface area contributed by atoms with Crippen molar-refractivity contribution < 1.29 is 14.1 Å². The lowest BCUT2D eigenvalue weighted by Gasteiger charge is -2.17. The Hall–Kier alpha value is -2.37. The maximum Gasteiger partial charge on any atom is 0.239 e. The minimum atomic E-state index is -0.330. The van der Waals surface area contributed by atoms with Gasteiger partial charge in [0.2, 0.25) is 17.6 Å². The van der Waals surface area contributed by atoms with Crippen LogP contribution in [0, 0.1) is 0 Å². The van der Waals surface area contributed by atoms with Crippen molar-refractivity contribution in [2.45, 2.75) is 18.8 Å². The molecule has 6 nitrogen and oxygen atoms in total. The van der Waals surface area contributed by atoms with Crippen molar-refractivity contribution in [2.75, 3.05) is 13.7 Å². The first kappa shape index (κ1) is 12.7. The fourth-order valence-corrected chi connectivity index (χ4v) is 2.24. The first-order chi connectivity index (χ1) is 9.78. The van der Waals surface area contributed by atoms with E-state index in [0.717, 1.165) is 30.7 Å². The number of carbonyl (C=O) groups is 1. The molecule has 3 rings (SSSR count). The lowest BCUT2D eigenvalue weighted by Crippen LogP contribution is -2.35. The zero-order chi connectivity index (χ0) is 13.9. The molecule has 104 valence electrons. The van der Waals surface area contributed by atoms with Crippen molar-refractivity contribution in [3.05, 3.63) is 30.2 Å². The van der Waals surface area contributed by atoms with Gasteiger partial charge in [-0.1, -0.05) is 5.16 Å². The Morgan fingerprint density at radius 2 is 2.15 bits per heavy atom. The summed E-state index contributed by atoms with van der Waals surface area (Å²) in [6.45, 7) is 0.717. The Morgan fingerprint density at radius 3 is 2.85 bits per heavy atom. The highest BCUT2D eigenvalue weighted by Crippen LogP contribution is 2.26. The Balaban J connectivity index is 1.83. The molecule has 20 heavy (non-hydrogen) atoms. The average Bonchev–Trinajstić information content (AvgIpc) is 2.97. The van der Waals surface area contributed by atoms with Crippen LogP contribution in [-0.4, -0.2) is 29.7 Å². The van der Waals surface area contributed by atoms with Crippen LogP contribution in [0.2, 0.25) is 0 Å². The molecule has 1 aliphatic rings. The van der Waals surface area contributed by atoms with Gasteiger partial charge in [0, 0.05) is 12.1 Å². The fourth-order valence-electron chi connectivity index (χ4n) is 2.24. The van der Waals surface area contributed by atoms with Crippen LogP contribution >= 0.6 is 0 Å². The highest BCUT2D eigenvalue weighted by Gasteiger charge is 2.29. The van der Waals surface area contributed by atoms with E-state index in [1.807, 2.05) is 24.3 Å². The predicted octanol–water partition coefficient (Wildman–Crippen LogP) is 1.74. The number of aromatic nitrogens is 2. The molecule has 1 saturated heterocycles. The smallest absolute Gasteiger partial charge is 0.239 e. The van der Waals surface area contributed by atoms with Crippen LogP contribution in [0.5, 0.6) is 5.75 Å². The molecular weight excluding hydrogens is 258 g/mol. The zero-order valence-electron chi connectivity index (χ0n) is 11.1. The standard InChI is InChI=1S/C14H15N3O3/c1-19-10-6-4-9(5-7-10)12-16-14(20-17-12)11-3-2-8-15-13(11)18/h4-7,11H,2-3,8H2,1H3,(H,15,18). The van der Waals surface area contributed by atoms with Crippen molar-refractivity contribution in [3.8, 4) is 17.1 Å². The van der Waals surface area contributed by atoms with E-state index in [4.69, 9.17) is 9.26 Å². The molecule has 1 unspecified atom stereocenters. The summed E-state index contributed by atoms with van der Waals surface area (Å²) in [5.74, 6) is 1.27. The Labute approximate surface area is 116 Å². The molecule has 0 aliphatic carbocycles. The maximum absolute atomic E-state index is 11.8. The molecule has 0 bridgehead atoms. The molecule has 1 aromatic heterocycles. The Kier molecular flexibility index (Phi) is 3.37. The van der Waals surface area contributed by atoms with E-state index in [1.165, 1.54) is 0 Å². The molecule has 1 atom stereocenters. The molecule has 2 aromatic rings. The molecule has 1 fully saturated rings. The minimum Gasteiger partial charge on any atom is -0.497 e. The molecule has 0 saturated carbocycles. The number of benzene rings is 1. The molecule has 6 heteroatoms. The van der Waals surface area contributed by atoms with Gasteiger partial charge >= 0.3 is 0 Å². The minimum absolute atomic E-state index is 0.0406. The number of ether oxygens (including phenoxy) is 1. The van der Waals surface area contributed by atoms with Gasteiger partial charge in [0.05, 0.1) is 7.11 Å². The highest BCUT2D eigenvalue weighted by atomic mass is 16.5. The van der Waals surface area contributed by atoms with Crippen molar-refractivity contribution >= 4 is 5.91 Å². The summed E-state index contributed by atoms with van der Waals surface area (Å²) in [5, 5.41) is 6.76. The third-order valence-electron chi connectivity index (χ3n) is 3.37. The van der Waals surface area contributed by atoms with Gasteiger partial charge in [-0.15, -0.1) is 0 Å². The summed E-state index contributed by atoms with van der Waals surface area (Å²) in [5.41, 5.74) is 0.831. The fraction of sp³-hybridized carbons (Fsp3) is 0.357. The number of hydrogen-bond acceptors (Lipinski definition) is 5. The van der Waals surface area contributed by atoms with Crippen molar-refractivity contribution in [2.24, 2.45) is 0 Å². The Morgan fingerprint density at radius 1 is 1.35 bits per heavy atom. The Bertz CT molecular complexity index is 606. The van der Waals surface area contributed by atoms with Crippen LogP contribution in [0.25, 0.3) is 11.4 Å². The van der Waals surface area contributed by atoms with Crippen molar-refractivity contribution in [1.29, 1.82) is 0 Å². The first-order valence-electron chi connectivity index (χ1n) is 6.53. The monoisotopic (exact) mass is 273 g/mol. The summed E-state index contributed by atoms with van der Waals surface area (Å²) >= 11 is 0. The van der Waals surface area contributed by atoms with Gasteiger partial charge in [0.15, 0.2) is 0 Å². The van der Waals surface area contributed by atoms with Gasteiger partial charge in [0.1, 0.15) is 11.7 Å². The van der Waals surface area contributed by atoms with E-state index in [1.54, 1.807) is 7.11 Å². The number of piperidine rings is 1. The molecule has 1 aromatic carbocycles. The van der Waals surface area contributed by atoms with Crippen LogP contribution in [0.1, 0.15) is 24.7 Å². The molecule has 1 amide bonds. The molecule has 0 spiro atoms. The van der Waals surface area contributed by atoms with E-state index >= 15 is 0 Å². The number of rotatable bonds is 3. The van der Waals surface area contributed by atoms with Gasteiger partial charge in [-0.2, -0.15) is 4.98 Å². The van der Waals surface area contributed by atoms with Gasteiger partial charge in [0.25, 0.3) is 0 Å². The maximum atomic E-state index is 11.8. The first-order valence-corrected chi connectivity index (χ1v) is 6.53. The quantitative estimate of drug-likeness (QED) is 0.921. The second-order valence-electron chi connectivity index (χ2n) is 4.67. The van der Waals surface area contributed by atoms with Crippen LogP contribution in [0.15, 0.2) is 28.8 Å². The van der Waals surface area contributed by atoms with E-state index in [2.05, 4.69) is 15.5 Å². The molecule has 1 N–H and O–H groups in total. The number of amides is 1. The van der Waals surface area contributed by atoms with Gasteiger partial charge < -0.3 is 14.6 Å². The second-order valence-corrected chi connectivity index (χ2v) is 4.67. The zero-order valence-corrected chi connectivity index (χ0v) is 11.1. The van der Waals surface area contributed by atoms with Crippen LogP contribution in [-0.2, 0) is 4.79 Å². The van der Waals surface area contributed by atoms with Crippen molar-refractivity contribution in [1.82, 2.24) is 15.5 Å². The van der Waals surface area contributed by atoms with Crippen molar-refractivity contribution in [3.63, 3.8) is 0 Å². The summed E-state index contributed by atoms with van der Waals surface area (Å²) in [7, 11) is 1.61. The van der Waals surface area contributed by atoms with E-state index < -0.39 is 0 Å². The predicted molar refractivity (Wildman–Crippen MR) is 71.3 cm³/mol. The largest absolute Gasteiger partial charge is 0.497 e. The normalized spacial score (nSPS) is 18.6. The van der Waals surface area contributed by atoms with E-state index in [-0.39, 0.29) is 11.8 Å².